The highest BCUT2D eigenvalue weighted by Crippen LogP contribution is 2.26. The van der Waals surface area contributed by atoms with Gasteiger partial charge in [-0.2, -0.15) is 11.8 Å². The minimum atomic E-state index is 0.141. The number of aliphatic imine (C=N–C) groups is 1. The van der Waals surface area contributed by atoms with Gasteiger partial charge in [-0.3, -0.25) is 4.99 Å². The van der Waals surface area contributed by atoms with Gasteiger partial charge in [-0.05, 0) is 52.5 Å². The fourth-order valence-electron chi connectivity index (χ4n) is 3.09. The normalized spacial score (nSPS) is 26.0. The maximum Gasteiger partial charge on any atom is 0.191 e. The third-order valence-electron chi connectivity index (χ3n) is 4.75. The third kappa shape index (κ3) is 5.03. The zero-order chi connectivity index (χ0) is 15.8. The van der Waals surface area contributed by atoms with Crippen molar-refractivity contribution < 1.29 is 4.74 Å². The van der Waals surface area contributed by atoms with E-state index in [0.29, 0.717) is 6.04 Å². The fourth-order valence-corrected chi connectivity index (χ4v) is 4.16. The molecule has 0 bridgehead atoms. The molecule has 0 radical (unpaired) electrons. The highest BCUT2D eigenvalue weighted by molar-refractivity contribution is 7.99. The number of rotatable bonds is 5. The summed E-state index contributed by atoms with van der Waals surface area (Å²) in [6.07, 6.45) is 4.68. The smallest absolute Gasteiger partial charge is 0.191 e. The lowest BCUT2D eigenvalue weighted by atomic mass is 9.89. The Morgan fingerprint density at radius 3 is 2.73 bits per heavy atom. The van der Waals surface area contributed by atoms with E-state index in [0.717, 1.165) is 45.1 Å². The molecule has 0 aromatic rings. The molecular weight excluding hydrogens is 296 g/mol. The summed E-state index contributed by atoms with van der Waals surface area (Å²) in [7, 11) is 4.33. The Morgan fingerprint density at radius 1 is 1.36 bits per heavy atom. The van der Waals surface area contributed by atoms with Crippen molar-refractivity contribution >= 4 is 17.7 Å². The molecular formula is C16H32N4OS. The summed E-state index contributed by atoms with van der Waals surface area (Å²) in [5.41, 5.74) is 0.141. The summed E-state index contributed by atoms with van der Waals surface area (Å²) in [6.45, 7) is 5.55. The van der Waals surface area contributed by atoms with Gasteiger partial charge in [0, 0.05) is 37.1 Å². The van der Waals surface area contributed by atoms with E-state index >= 15 is 0 Å². The SMILES string of the molecule is CCNC(=NCC1(N(C)C)CCOCC1)NC1CCCSC1. The summed E-state index contributed by atoms with van der Waals surface area (Å²) in [5.74, 6) is 3.47. The van der Waals surface area contributed by atoms with E-state index in [1.165, 1.54) is 24.3 Å². The van der Waals surface area contributed by atoms with Gasteiger partial charge >= 0.3 is 0 Å². The van der Waals surface area contributed by atoms with Crippen molar-refractivity contribution in [2.24, 2.45) is 4.99 Å². The third-order valence-corrected chi connectivity index (χ3v) is 5.96. The molecule has 0 aromatic heterocycles. The number of hydrogen-bond donors (Lipinski definition) is 2. The van der Waals surface area contributed by atoms with Gasteiger partial charge in [0.05, 0.1) is 6.54 Å². The molecule has 2 N–H and O–H groups in total. The van der Waals surface area contributed by atoms with E-state index in [-0.39, 0.29) is 5.54 Å². The van der Waals surface area contributed by atoms with E-state index in [1.807, 2.05) is 11.8 Å². The average Bonchev–Trinajstić information content (AvgIpc) is 2.54. The molecule has 0 amide bonds. The lowest BCUT2D eigenvalue weighted by Crippen LogP contribution is -2.52. The molecule has 2 fully saturated rings. The summed E-state index contributed by atoms with van der Waals surface area (Å²) in [4.78, 5) is 7.24. The van der Waals surface area contributed by atoms with Crippen LogP contribution in [0.5, 0.6) is 0 Å². The van der Waals surface area contributed by atoms with Crippen molar-refractivity contribution in [1.29, 1.82) is 0 Å². The van der Waals surface area contributed by atoms with Crippen molar-refractivity contribution in [3.05, 3.63) is 0 Å². The molecule has 0 saturated carbocycles. The quantitative estimate of drug-likeness (QED) is 0.592. The van der Waals surface area contributed by atoms with Crippen molar-refractivity contribution in [3.63, 3.8) is 0 Å². The summed E-state index contributed by atoms with van der Waals surface area (Å²) >= 11 is 2.04. The van der Waals surface area contributed by atoms with Crippen molar-refractivity contribution in [1.82, 2.24) is 15.5 Å². The lowest BCUT2D eigenvalue weighted by molar-refractivity contribution is -0.00255. The van der Waals surface area contributed by atoms with Gasteiger partial charge in [-0.15, -0.1) is 0 Å². The molecule has 2 rings (SSSR count). The number of thioether (sulfide) groups is 1. The minimum Gasteiger partial charge on any atom is -0.381 e. The number of ether oxygens (including phenoxy) is 1. The molecule has 1 unspecified atom stereocenters. The van der Waals surface area contributed by atoms with Crippen molar-refractivity contribution in [2.45, 2.75) is 44.2 Å². The first-order valence-corrected chi connectivity index (χ1v) is 9.69. The van der Waals surface area contributed by atoms with Gasteiger partial charge in [-0.1, -0.05) is 0 Å². The van der Waals surface area contributed by atoms with Crippen molar-refractivity contribution in [3.8, 4) is 0 Å². The lowest BCUT2D eigenvalue weighted by Gasteiger charge is -2.41. The molecule has 1 atom stereocenters. The Kier molecular flexibility index (Phi) is 7.31. The van der Waals surface area contributed by atoms with Crippen LogP contribution >= 0.6 is 11.8 Å². The molecule has 0 spiro atoms. The van der Waals surface area contributed by atoms with Crippen LogP contribution in [0.3, 0.4) is 0 Å². The molecule has 2 saturated heterocycles. The Bertz CT molecular complexity index is 350. The molecule has 22 heavy (non-hydrogen) atoms. The van der Waals surface area contributed by atoms with Crippen LogP contribution in [0.25, 0.3) is 0 Å². The second-order valence-electron chi connectivity index (χ2n) is 6.48. The maximum absolute atomic E-state index is 5.54. The van der Waals surface area contributed by atoms with Crippen LogP contribution in [0, 0.1) is 0 Å². The van der Waals surface area contributed by atoms with Crippen LogP contribution in [-0.4, -0.2) is 74.3 Å². The number of likely N-dealkylation sites (N-methyl/N-ethyl adjacent to an activating group) is 1. The zero-order valence-electron chi connectivity index (χ0n) is 14.4. The molecule has 2 aliphatic heterocycles. The Morgan fingerprint density at radius 2 is 2.14 bits per heavy atom. The monoisotopic (exact) mass is 328 g/mol. The molecule has 2 heterocycles. The largest absolute Gasteiger partial charge is 0.381 e. The van der Waals surface area contributed by atoms with Crippen LogP contribution in [0.1, 0.15) is 32.6 Å². The second-order valence-corrected chi connectivity index (χ2v) is 7.63. The van der Waals surface area contributed by atoms with Crippen LogP contribution < -0.4 is 10.6 Å². The van der Waals surface area contributed by atoms with Gasteiger partial charge in [0.1, 0.15) is 0 Å². The molecule has 0 aromatic carbocycles. The fraction of sp³-hybridized carbons (Fsp3) is 0.938. The predicted molar refractivity (Wildman–Crippen MR) is 95.9 cm³/mol. The van der Waals surface area contributed by atoms with E-state index in [9.17, 15) is 0 Å². The minimum absolute atomic E-state index is 0.141. The van der Waals surface area contributed by atoms with E-state index < -0.39 is 0 Å². The Hall–Kier alpha value is -0.460. The van der Waals surface area contributed by atoms with Crippen LogP contribution in [0.15, 0.2) is 4.99 Å². The Labute approximate surface area is 139 Å². The van der Waals surface area contributed by atoms with Gasteiger partial charge in [-0.25, -0.2) is 0 Å². The standard InChI is InChI=1S/C16H32N4OS/c1-4-17-15(19-14-6-5-11-22-12-14)18-13-16(20(2)3)7-9-21-10-8-16/h14H,4-13H2,1-3H3,(H2,17,18,19). The maximum atomic E-state index is 5.54. The van der Waals surface area contributed by atoms with Gasteiger partial charge < -0.3 is 20.3 Å². The molecule has 0 aliphatic carbocycles. The molecule has 6 heteroatoms. The second kappa shape index (κ2) is 8.99. The summed E-state index contributed by atoms with van der Waals surface area (Å²) in [6, 6.07) is 0.557. The summed E-state index contributed by atoms with van der Waals surface area (Å²) < 4.78 is 5.54. The number of guanidine groups is 1. The first-order valence-electron chi connectivity index (χ1n) is 8.54. The highest BCUT2D eigenvalue weighted by Gasteiger charge is 2.34. The average molecular weight is 329 g/mol. The first-order chi connectivity index (χ1) is 10.7. The van der Waals surface area contributed by atoms with Crippen LogP contribution in [-0.2, 0) is 4.74 Å². The number of nitrogens with zero attached hydrogens (tertiary/aromatic N) is 2. The summed E-state index contributed by atoms with van der Waals surface area (Å²) in [5, 5.41) is 7.03. The van der Waals surface area contributed by atoms with Gasteiger partial charge in [0.2, 0.25) is 0 Å². The Balaban J connectivity index is 1.97. The van der Waals surface area contributed by atoms with Crippen LogP contribution in [0.2, 0.25) is 0 Å². The van der Waals surface area contributed by atoms with E-state index in [1.54, 1.807) is 0 Å². The number of nitrogens with one attached hydrogen (secondary N) is 2. The van der Waals surface area contributed by atoms with E-state index in [2.05, 4.69) is 36.6 Å². The van der Waals surface area contributed by atoms with Gasteiger partial charge in [0.25, 0.3) is 0 Å². The highest BCUT2D eigenvalue weighted by atomic mass is 32.2. The van der Waals surface area contributed by atoms with Crippen LogP contribution in [0.4, 0.5) is 0 Å². The topological polar surface area (TPSA) is 48.9 Å². The van der Waals surface area contributed by atoms with Crippen molar-refractivity contribution in [2.75, 3.05) is 51.9 Å². The molecule has 5 nitrogen and oxygen atoms in total. The molecule has 128 valence electrons. The van der Waals surface area contributed by atoms with Gasteiger partial charge in [0.15, 0.2) is 5.96 Å². The first kappa shape index (κ1) is 17.9. The number of hydrogen-bond acceptors (Lipinski definition) is 4. The predicted octanol–water partition coefficient (Wildman–Crippen LogP) is 1.55. The zero-order valence-corrected chi connectivity index (χ0v) is 15.2. The van der Waals surface area contributed by atoms with E-state index in [4.69, 9.17) is 9.73 Å². The molecule has 2 aliphatic rings.